The molecule has 2 aromatic carbocycles. The van der Waals surface area contributed by atoms with Crippen LogP contribution in [0.1, 0.15) is 25.7 Å². The lowest BCUT2D eigenvalue weighted by Crippen LogP contribution is -2.61. The normalized spacial score (nSPS) is 23.5. The van der Waals surface area contributed by atoms with Gasteiger partial charge in [-0.1, -0.05) is 24.3 Å². The van der Waals surface area contributed by atoms with E-state index in [0.717, 1.165) is 56.1 Å². The van der Waals surface area contributed by atoms with Gasteiger partial charge in [-0.3, -0.25) is 4.98 Å². The molecule has 4 aliphatic rings. The molecule has 8 rings (SSSR count). The van der Waals surface area contributed by atoms with Crippen molar-refractivity contribution >= 4 is 27.5 Å². The standard InChI is InChI=1S/C29H31FN6O2/c1-35-10-4-6-20(35)16-38-29-33-27-24(28(34-29)36-15-18-8-9-19(36)13-31-18)14-32-26(25(27)30)23-12-21(37)11-17-5-2-3-7-22(17)23/h2-3,5,7,11-12,14,18-20,31,37H,4,6,8-10,13,15-16H2,1H3. The Hall–Kier alpha value is -3.56. The fourth-order valence-corrected chi connectivity index (χ4v) is 6.31. The average molecular weight is 515 g/mol. The molecule has 2 N–H and O–H groups in total. The highest BCUT2D eigenvalue weighted by Crippen LogP contribution is 2.38. The van der Waals surface area contributed by atoms with E-state index in [4.69, 9.17) is 9.72 Å². The Balaban J connectivity index is 1.37. The summed E-state index contributed by atoms with van der Waals surface area (Å²) in [5.41, 5.74) is 0.866. The van der Waals surface area contributed by atoms with Crippen LogP contribution < -0.4 is 15.0 Å². The maximum Gasteiger partial charge on any atom is 0.319 e. The maximum atomic E-state index is 16.4. The Kier molecular flexibility index (Phi) is 5.78. The molecule has 0 radical (unpaired) electrons. The SMILES string of the molecule is CN1CCCC1COc1nc(N2CC3CCC2CN3)c2cnc(-c3cc(O)cc4ccccc34)c(F)c2n1. The lowest BCUT2D eigenvalue weighted by atomic mass is 9.93. The second-order valence-corrected chi connectivity index (χ2v) is 10.8. The summed E-state index contributed by atoms with van der Waals surface area (Å²) in [6.45, 7) is 3.19. The highest BCUT2D eigenvalue weighted by atomic mass is 19.1. The molecule has 0 spiro atoms. The molecule has 6 heterocycles. The molecule has 3 atom stereocenters. The Labute approximate surface area is 220 Å². The van der Waals surface area contributed by atoms with E-state index in [2.05, 4.69) is 32.1 Å². The second kappa shape index (κ2) is 9.32. The molecule has 4 saturated heterocycles. The number of hydrogen-bond donors (Lipinski definition) is 2. The van der Waals surface area contributed by atoms with Gasteiger partial charge in [0.25, 0.3) is 0 Å². The van der Waals surface area contributed by atoms with Gasteiger partial charge in [0.05, 0.1) is 5.39 Å². The number of aromatic hydroxyl groups is 1. The third kappa shape index (κ3) is 4.01. The third-order valence-electron chi connectivity index (χ3n) is 8.44. The summed E-state index contributed by atoms with van der Waals surface area (Å²) in [7, 11) is 2.10. The predicted octanol–water partition coefficient (Wildman–Crippen LogP) is 4.10. The van der Waals surface area contributed by atoms with Crippen LogP contribution in [0, 0.1) is 5.82 Å². The Morgan fingerprint density at radius 3 is 2.79 bits per heavy atom. The zero-order chi connectivity index (χ0) is 25.8. The lowest BCUT2D eigenvalue weighted by Gasteiger charge is -2.46. The number of likely N-dealkylation sites (N-methyl/N-ethyl adjacent to an activating group) is 1. The number of piperazine rings is 1. The van der Waals surface area contributed by atoms with Crippen molar-refractivity contribution in [3.63, 3.8) is 0 Å². The first kappa shape index (κ1) is 23.5. The molecule has 196 valence electrons. The smallest absolute Gasteiger partial charge is 0.319 e. The number of nitrogens with one attached hydrogen (secondary N) is 1. The number of hydrogen-bond acceptors (Lipinski definition) is 8. The van der Waals surface area contributed by atoms with Crippen molar-refractivity contribution in [1.29, 1.82) is 0 Å². The Bertz CT molecular complexity index is 1520. The van der Waals surface area contributed by atoms with Gasteiger partial charge in [-0.25, -0.2) is 4.39 Å². The van der Waals surface area contributed by atoms with Crippen molar-refractivity contribution in [2.75, 3.05) is 38.2 Å². The van der Waals surface area contributed by atoms with E-state index in [1.165, 1.54) is 0 Å². The first-order chi connectivity index (χ1) is 18.5. The van der Waals surface area contributed by atoms with Gasteiger partial charge >= 0.3 is 6.01 Å². The molecule has 3 unspecified atom stereocenters. The minimum absolute atomic E-state index is 0.0601. The summed E-state index contributed by atoms with van der Waals surface area (Å²) < 4.78 is 22.5. The number of likely N-dealkylation sites (tertiary alicyclic amines) is 1. The van der Waals surface area contributed by atoms with Crippen molar-refractivity contribution in [1.82, 2.24) is 25.2 Å². The number of halogens is 1. The number of benzene rings is 2. The van der Waals surface area contributed by atoms with Crippen molar-refractivity contribution in [2.45, 2.75) is 43.8 Å². The van der Waals surface area contributed by atoms with E-state index in [9.17, 15) is 5.11 Å². The number of aromatic nitrogens is 3. The lowest BCUT2D eigenvalue weighted by molar-refractivity contribution is 0.188. The van der Waals surface area contributed by atoms with E-state index < -0.39 is 5.82 Å². The van der Waals surface area contributed by atoms with Gasteiger partial charge in [0, 0.05) is 43.0 Å². The summed E-state index contributed by atoms with van der Waals surface area (Å²) in [4.78, 5) is 18.6. The number of nitrogens with zero attached hydrogens (tertiary/aromatic N) is 5. The van der Waals surface area contributed by atoms with Crippen LogP contribution in [-0.2, 0) is 0 Å². The average Bonchev–Trinajstić information content (AvgIpc) is 3.36. The van der Waals surface area contributed by atoms with Crippen LogP contribution >= 0.6 is 0 Å². The molecule has 0 saturated carbocycles. The minimum atomic E-state index is -0.537. The fraction of sp³-hybridized carbons (Fsp3) is 0.414. The predicted molar refractivity (Wildman–Crippen MR) is 145 cm³/mol. The van der Waals surface area contributed by atoms with Gasteiger partial charge in [-0.15, -0.1) is 0 Å². The zero-order valence-corrected chi connectivity index (χ0v) is 21.4. The largest absolute Gasteiger partial charge is 0.508 e. The molecule has 38 heavy (non-hydrogen) atoms. The number of rotatable bonds is 5. The first-order valence-corrected chi connectivity index (χ1v) is 13.5. The number of fused-ring (bicyclic) bond motifs is 5. The molecule has 0 amide bonds. The van der Waals surface area contributed by atoms with Gasteiger partial charge in [0.2, 0.25) is 0 Å². The van der Waals surface area contributed by atoms with Crippen LogP contribution in [0.5, 0.6) is 11.8 Å². The van der Waals surface area contributed by atoms with Crippen molar-refractivity contribution < 1.29 is 14.2 Å². The third-order valence-corrected chi connectivity index (χ3v) is 8.44. The number of phenolic OH excluding ortho intramolecular Hbond substituents is 1. The molecule has 8 nitrogen and oxygen atoms in total. The van der Waals surface area contributed by atoms with Crippen LogP contribution in [0.2, 0.25) is 0 Å². The van der Waals surface area contributed by atoms with E-state index >= 15 is 4.39 Å². The molecule has 4 aromatic rings. The van der Waals surface area contributed by atoms with Crippen LogP contribution in [0.4, 0.5) is 10.2 Å². The van der Waals surface area contributed by atoms with Crippen molar-refractivity contribution in [2.24, 2.45) is 0 Å². The second-order valence-electron chi connectivity index (χ2n) is 10.8. The number of pyridine rings is 1. The minimum Gasteiger partial charge on any atom is -0.508 e. The summed E-state index contributed by atoms with van der Waals surface area (Å²) in [5, 5.41) is 16.2. The van der Waals surface area contributed by atoms with Gasteiger partial charge in [-0.05, 0) is 62.2 Å². The van der Waals surface area contributed by atoms with Crippen LogP contribution in [0.3, 0.4) is 0 Å². The Morgan fingerprint density at radius 1 is 1.13 bits per heavy atom. The summed E-state index contributed by atoms with van der Waals surface area (Å²) >= 11 is 0. The topological polar surface area (TPSA) is 86.6 Å². The first-order valence-electron chi connectivity index (χ1n) is 13.5. The zero-order valence-electron chi connectivity index (χ0n) is 21.4. The number of ether oxygens (including phenoxy) is 1. The van der Waals surface area contributed by atoms with Crippen molar-refractivity contribution in [3.05, 3.63) is 48.4 Å². The molecule has 2 aromatic heterocycles. The van der Waals surface area contributed by atoms with E-state index in [1.807, 2.05) is 24.3 Å². The highest BCUT2D eigenvalue weighted by molar-refractivity contribution is 5.99. The molecule has 2 bridgehead atoms. The van der Waals surface area contributed by atoms with E-state index in [0.29, 0.717) is 35.5 Å². The molecular weight excluding hydrogens is 483 g/mol. The van der Waals surface area contributed by atoms with Gasteiger partial charge < -0.3 is 25.0 Å². The number of anilines is 1. The van der Waals surface area contributed by atoms with Gasteiger partial charge in [-0.2, -0.15) is 9.97 Å². The van der Waals surface area contributed by atoms with E-state index in [-0.39, 0.29) is 29.0 Å². The van der Waals surface area contributed by atoms with Gasteiger partial charge in [0.15, 0.2) is 5.82 Å². The molecule has 4 aliphatic heterocycles. The summed E-state index contributed by atoms with van der Waals surface area (Å²) in [6, 6.07) is 12.0. The maximum absolute atomic E-state index is 16.4. The fourth-order valence-electron chi connectivity index (χ4n) is 6.31. The van der Waals surface area contributed by atoms with Crippen LogP contribution in [-0.4, -0.2) is 76.4 Å². The molecule has 4 fully saturated rings. The summed E-state index contributed by atoms with van der Waals surface area (Å²) in [6.07, 6.45) is 6.07. The monoisotopic (exact) mass is 514 g/mol. The van der Waals surface area contributed by atoms with Crippen molar-refractivity contribution in [3.8, 4) is 23.0 Å². The quantitative estimate of drug-likeness (QED) is 0.412. The molecule has 9 heteroatoms. The highest BCUT2D eigenvalue weighted by Gasteiger charge is 2.36. The molecule has 0 aliphatic carbocycles. The van der Waals surface area contributed by atoms with Crippen LogP contribution in [0.15, 0.2) is 42.6 Å². The van der Waals surface area contributed by atoms with E-state index in [1.54, 1.807) is 18.3 Å². The summed E-state index contributed by atoms with van der Waals surface area (Å²) in [5.74, 6) is 0.203. The number of phenols is 1. The number of piperidine rings is 2. The van der Waals surface area contributed by atoms with Crippen LogP contribution in [0.25, 0.3) is 32.9 Å². The Morgan fingerprint density at radius 2 is 2.03 bits per heavy atom. The van der Waals surface area contributed by atoms with Gasteiger partial charge in [0.1, 0.15) is 29.4 Å². The molecular formula is C29H31FN6O2.